The van der Waals surface area contributed by atoms with Crippen LogP contribution in [0.2, 0.25) is 0 Å². The number of aromatic nitrogens is 4. The molecule has 1 N–H and O–H groups in total. The molecule has 0 bridgehead atoms. The molecule has 1 heterocycles. The molecule has 100 valence electrons. The topological polar surface area (TPSA) is 55.6 Å². The molecule has 0 spiro atoms. The second-order valence-electron chi connectivity index (χ2n) is 4.91. The lowest BCUT2D eigenvalue weighted by atomic mass is 9.86. The summed E-state index contributed by atoms with van der Waals surface area (Å²) in [5.74, 6) is 0.837. The molecule has 1 unspecified atom stereocenters. The Morgan fingerprint density at radius 3 is 2.74 bits per heavy atom. The first kappa shape index (κ1) is 13.4. The molecule has 0 aliphatic heterocycles. The van der Waals surface area contributed by atoms with Crippen LogP contribution in [0.25, 0.3) is 5.69 Å². The molecule has 5 nitrogen and oxygen atoms in total. The van der Waals surface area contributed by atoms with Crippen molar-refractivity contribution >= 4 is 0 Å². The summed E-state index contributed by atoms with van der Waals surface area (Å²) in [4.78, 5) is 0. The summed E-state index contributed by atoms with van der Waals surface area (Å²) in [6.07, 6.45) is 2.69. The summed E-state index contributed by atoms with van der Waals surface area (Å²) in [6.45, 7) is 6.89. The van der Waals surface area contributed by atoms with Crippen molar-refractivity contribution < 1.29 is 0 Å². The van der Waals surface area contributed by atoms with Crippen LogP contribution in [-0.4, -0.2) is 33.8 Å². The summed E-state index contributed by atoms with van der Waals surface area (Å²) in [6, 6.07) is 9.90. The van der Waals surface area contributed by atoms with Crippen molar-refractivity contribution in [3.05, 3.63) is 48.8 Å². The van der Waals surface area contributed by atoms with Crippen LogP contribution in [0.5, 0.6) is 0 Å². The smallest absolute Gasteiger partial charge is 0.157 e. The van der Waals surface area contributed by atoms with E-state index in [-0.39, 0.29) is 5.41 Å². The largest absolute Gasteiger partial charge is 0.319 e. The van der Waals surface area contributed by atoms with Crippen molar-refractivity contribution in [2.24, 2.45) is 5.41 Å². The summed E-state index contributed by atoms with van der Waals surface area (Å²) in [7, 11) is 1.93. The number of para-hydroxylation sites is 1. The zero-order chi connectivity index (χ0) is 13.7. The van der Waals surface area contributed by atoms with E-state index in [4.69, 9.17) is 0 Å². The molecule has 0 saturated heterocycles. The van der Waals surface area contributed by atoms with E-state index in [0.717, 1.165) is 24.5 Å². The van der Waals surface area contributed by atoms with E-state index in [1.54, 1.807) is 4.68 Å². The average Bonchev–Trinajstić information content (AvgIpc) is 2.88. The van der Waals surface area contributed by atoms with E-state index in [1.807, 2.05) is 43.5 Å². The lowest BCUT2D eigenvalue weighted by Gasteiger charge is -2.24. The van der Waals surface area contributed by atoms with Gasteiger partial charge in [0.2, 0.25) is 0 Å². The Morgan fingerprint density at radius 2 is 2.11 bits per heavy atom. The van der Waals surface area contributed by atoms with Crippen LogP contribution in [0, 0.1) is 5.41 Å². The molecule has 0 aliphatic carbocycles. The van der Waals surface area contributed by atoms with E-state index >= 15 is 0 Å². The van der Waals surface area contributed by atoms with Gasteiger partial charge in [-0.2, -0.15) is 4.68 Å². The number of tetrazole rings is 1. The van der Waals surface area contributed by atoms with Crippen LogP contribution < -0.4 is 5.32 Å². The van der Waals surface area contributed by atoms with Crippen molar-refractivity contribution in [3.8, 4) is 5.69 Å². The van der Waals surface area contributed by atoms with Crippen LogP contribution in [0.4, 0.5) is 0 Å². The second-order valence-corrected chi connectivity index (χ2v) is 4.91. The van der Waals surface area contributed by atoms with Gasteiger partial charge < -0.3 is 5.32 Å². The molecule has 5 heteroatoms. The van der Waals surface area contributed by atoms with Gasteiger partial charge in [0.05, 0.1) is 5.69 Å². The monoisotopic (exact) mass is 257 g/mol. The van der Waals surface area contributed by atoms with Crippen molar-refractivity contribution in [2.75, 3.05) is 13.6 Å². The van der Waals surface area contributed by atoms with Gasteiger partial charge in [-0.05, 0) is 29.6 Å². The SMILES string of the molecule is C=CC(C)(CNC)Cc1nnnn1-c1ccccc1. The number of hydrogen-bond acceptors (Lipinski definition) is 4. The predicted molar refractivity (Wildman–Crippen MR) is 75.1 cm³/mol. The Kier molecular flexibility index (Phi) is 4.06. The Bertz CT molecular complexity index is 534. The summed E-state index contributed by atoms with van der Waals surface area (Å²) in [5.41, 5.74) is 0.897. The van der Waals surface area contributed by atoms with Gasteiger partial charge in [-0.1, -0.05) is 31.2 Å². The van der Waals surface area contributed by atoms with Crippen LogP contribution >= 0.6 is 0 Å². The fraction of sp³-hybridized carbons (Fsp3) is 0.357. The molecular formula is C14H19N5. The molecule has 1 aromatic carbocycles. The Hall–Kier alpha value is -2.01. The van der Waals surface area contributed by atoms with Crippen molar-refractivity contribution in [3.63, 3.8) is 0 Å². The Labute approximate surface area is 113 Å². The van der Waals surface area contributed by atoms with Crippen LogP contribution in [0.3, 0.4) is 0 Å². The first-order chi connectivity index (χ1) is 9.18. The number of nitrogens with zero attached hydrogens (tertiary/aromatic N) is 4. The van der Waals surface area contributed by atoms with Crippen LogP contribution in [0.15, 0.2) is 43.0 Å². The second kappa shape index (κ2) is 5.75. The van der Waals surface area contributed by atoms with Crippen LogP contribution in [-0.2, 0) is 6.42 Å². The zero-order valence-corrected chi connectivity index (χ0v) is 11.4. The summed E-state index contributed by atoms with van der Waals surface area (Å²) >= 11 is 0. The van der Waals surface area contributed by atoms with Crippen molar-refractivity contribution in [2.45, 2.75) is 13.3 Å². The third-order valence-electron chi connectivity index (χ3n) is 3.17. The molecule has 2 rings (SSSR count). The molecule has 0 fully saturated rings. The molecule has 0 saturated carbocycles. The number of benzene rings is 1. The van der Waals surface area contributed by atoms with E-state index in [2.05, 4.69) is 34.3 Å². The van der Waals surface area contributed by atoms with Crippen molar-refractivity contribution in [1.82, 2.24) is 25.5 Å². The third kappa shape index (κ3) is 3.06. The normalized spacial score (nSPS) is 14.0. The van der Waals surface area contributed by atoms with Gasteiger partial charge in [0, 0.05) is 18.4 Å². The molecular weight excluding hydrogens is 238 g/mol. The maximum absolute atomic E-state index is 4.13. The highest BCUT2D eigenvalue weighted by Gasteiger charge is 2.23. The maximum Gasteiger partial charge on any atom is 0.157 e. The third-order valence-corrected chi connectivity index (χ3v) is 3.17. The maximum atomic E-state index is 4.13. The Morgan fingerprint density at radius 1 is 1.37 bits per heavy atom. The minimum atomic E-state index is -0.0734. The minimum Gasteiger partial charge on any atom is -0.319 e. The molecule has 0 amide bonds. The standard InChI is InChI=1S/C14H19N5/c1-4-14(2,11-15-3)10-13-16-17-18-19(13)12-8-6-5-7-9-12/h4-9,15H,1,10-11H2,2-3H3. The molecule has 2 aromatic rings. The number of hydrogen-bond donors (Lipinski definition) is 1. The first-order valence-electron chi connectivity index (χ1n) is 6.29. The van der Waals surface area contributed by atoms with Gasteiger partial charge in [0.25, 0.3) is 0 Å². The molecule has 1 aromatic heterocycles. The highest BCUT2D eigenvalue weighted by molar-refractivity contribution is 5.30. The molecule has 0 radical (unpaired) electrons. The van der Waals surface area contributed by atoms with E-state index in [1.165, 1.54) is 0 Å². The fourth-order valence-electron chi connectivity index (χ4n) is 2.06. The highest BCUT2D eigenvalue weighted by atomic mass is 15.5. The summed E-state index contributed by atoms with van der Waals surface area (Å²) in [5, 5.41) is 15.2. The van der Waals surface area contributed by atoms with Gasteiger partial charge >= 0.3 is 0 Å². The van der Waals surface area contributed by atoms with Gasteiger partial charge in [0.1, 0.15) is 0 Å². The number of nitrogens with one attached hydrogen (secondary N) is 1. The van der Waals surface area contributed by atoms with E-state index in [9.17, 15) is 0 Å². The van der Waals surface area contributed by atoms with Gasteiger partial charge in [-0.15, -0.1) is 11.7 Å². The fourth-order valence-corrected chi connectivity index (χ4v) is 2.06. The van der Waals surface area contributed by atoms with Gasteiger partial charge in [-0.3, -0.25) is 0 Å². The van der Waals surface area contributed by atoms with E-state index < -0.39 is 0 Å². The molecule has 19 heavy (non-hydrogen) atoms. The number of rotatable bonds is 6. The lowest BCUT2D eigenvalue weighted by molar-refractivity contribution is 0.393. The minimum absolute atomic E-state index is 0.0734. The molecule has 1 atom stereocenters. The van der Waals surface area contributed by atoms with Crippen LogP contribution in [0.1, 0.15) is 12.7 Å². The summed E-state index contributed by atoms with van der Waals surface area (Å²) < 4.78 is 1.78. The molecule has 0 aliphatic rings. The van der Waals surface area contributed by atoms with E-state index in [0.29, 0.717) is 0 Å². The average molecular weight is 257 g/mol. The predicted octanol–water partition coefficient (Wildman–Crippen LogP) is 1.62. The quantitative estimate of drug-likeness (QED) is 0.799. The van der Waals surface area contributed by atoms with Gasteiger partial charge in [0.15, 0.2) is 5.82 Å². The Balaban J connectivity index is 2.28. The zero-order valence-electron chi connectivity index (χ0n) is 11.4. The van der Waals surface area contributed by atoms with Gasteiger partial charge in [-0.25, -0.2) is 0 Å². The van der Waals surface area contributed by atoms with Crippen molar-refractivity contribution in [1.29, 1.82) is 0 Å². The highest BCUT2D eigenvalue weighted by Crippen LogP contribution is 2.22. The lowest BCUT2D eigenvalue weighted by Crippen LogP contribution is -2.30. The first-order valence-corrected chi connectivity index (χ1v) is 6.29.